The van der Waals surface area contributed by atoms with E-state index in [1.807, 2.05) is 12.1 Å². The van der Waals surface area contributed by atoms with Gasteiger partial charge in [0, 0.05) is 0 Å². The Labute approximate surface area is 160 Å². The number of hydrogen-bond donors (Lipinski definition) is 1. The smallest absolute Gasteiger partial charge is 0.119 e. The molecule has 1 heteroatoms. The number of phenols is 1. The monoisotopic (exact) mass is 352 g/mol. The summed E-state index contributed by atoms with van der Waals surface area (Å²) in [5, 5.41) is 10.2. The van der Waals surface area contributed by atoms with Crippen molar-refractivity contribution in [3.05, 3.63) is 64.7 Å². The zero-order valence-corrected chi connectivity index (χ0v) is 16.9. The van der Waals surface area contributed by atoms with E-state index in [2.05, 4.69) is 45.0 Å². The van der Waals surface area contributed by atoms with Crippen LogP contribution in [0.5, 0.6) is 5.75 Å². The molecular formula is C25H36O. The molecule has 26 heavy (non-hydrogen) atoms. The fourth-order valence-electron chi connectivity index (χ4n) is 3.90. The molecule has 0 aliphatic carbocycles. The lowest BCUT2D eigenvalue weighted by molar-refractivity contribution is 0.462. The molecule has 0 bridgehead atoms. The van der Waals surface area contributed by atoms with Crippen LogP contribution in [0.4, 0.5) is 0 Å². The molecule has 0 aromatic heterocycles. The Hall–Kier alpha value is -1.76. The van der Waals surface area contributed by atoms with Gasteiger partial charge in [-0.25, -0.2) is 0 Å². The van der Waals surface area contributed by atoms with Crippen molar-refractivity contribution in [2.45, 2.75) is 84.5 Å². The summed E-state index contributed by atoms with van der Waals surface area (Å²) in [6.07, 6.45) is 11.1. The predicted octanol–water partition coefficient (Wildman–Crippen LogP) is 7.20. The molecule has 0 saturated heterocycles. The molecule has 1 unspecified atom stereocenters. The Morgan fingerprint density at radius 3 is 2.12 bits per heavy atom. The van der Waals surface area contributed by atoms with Gasteiger partial charge >= 0.3 is 0 Å². The Balaban J connectivity index is 2.21. The summed E-state index contributed by atoms with van der Waals surface area (Å²) < 4.78 is 0. The van der Waals surface area contributed by atoms with Crippen molar-refractivity contribution in [1.82, 2.24) is 0 Å². The van der Waals surface area contributed by atoms with Crippen LogP contribution >= 0.6 is 0 Å². The molecule has 2 rings (SSSR count). The average Bonchev–Trinajstić information content (AvgIpc) is 2.64. The quantitative estimate of drug-likeness (QED) is 0.424. The van der Waals surface area contributed by atoms with Gasteiger partial charge in [0.1, 0.15) is 5.75 Å². The van der Waals surface area contributed by atoms with E-state index >= 15 is 0 Å². The van der Waals surface area contributed by atoms with Gasteiger partial charge in [0.2, 0.25) is 0 Å². The molecule has 0 spiro atoms. The van der Waals surface area contributed by atoms with Crippen LogP contribution in [0.15, 0.2) is 42.5 Å². The average molecular weight is 353 g/mol. The lowest BCUT2D eigenvalue weighted by atomic mass is 9.86. The predicted molar refractivity (Wildman–Crippen MR) is 113 cm³/mol. The molecule has 0 aliphatic heterocycles. The van der Waals surface area contributed by atoms with Gasteiger partial charge in [0.25, 0.3) is 0 Å². The molecule has 2 aromatic rings. The first-order valence-electron chi connectivity index (χ1n) is 10.5. The Bertz CT molecular complexity index is 659. The molecule has 0 radical (unpaired) electrons. The Morgan fingerprint density at radius 2 is 1.42 bits per heavy atom. The largest absolute Gasteiger partial charge is 0.508 e. The van der Waals surface area contributed by atoms with Gasteiger partial charge in [0.05, 0.1) is 0 Å². The van der Waals surface area contributed by atoms with Crippen LogP contribution < -0.4 is 0 Å². The molecular weight excluding hydrogens is 316 g/mol. The highest BCUT2D eigenvalue weighted by Crippen LogP contribution is 2.30. The van der Waals surface area contributed by atoms with E-state index < -0.39 is 0 Å². The number of hydrogen-bond acceptors (Lipinski definition) is 1. The van der Waals surface area contributed by atoms with E-state index in [1.165, 1.54) is 56.9 Å². The molecule has 1 N–H and O–H groups in total. The van der Waals surface area contributed by atoms with E-state index in [9.17, 15) is 5.11 Å². The first-order valence-corrected chi connectivity index (χ1v) is 10.5. The molecule has 1 atom stereocenters. The topological polar surface area (TPSA) is 20.2 Å². The van der Waals surface area contributed by atoms with Crippen molar-refractivity contribution >= 4 is 0 Å². The number of para-hydroxylation sites is 1. The molecule has 142 valence electrons. The van der Waals surface area contributed by atoms with Crippen LogP contribution in [0.2, 0.25) is 0 Å². The highest BCUT2D eigenvalue weighted by molar-refractivity contribution is 5.40. The Morgan fingerprint density at radius 1 is 0.769 bits per heavy atom. The number of benzene rings is 2. The van der Waals surface area contributed by atoms with Crippen molar-refractivity contribution in [2.75, 3.05) is 0 Å². The fraction of sp³-hybridized carbons (Fsp3) is 0.520. The Kier molecular flexibility index (Phi) is 8.74. The maximum absolute atomic E-state index is 10.2. The summed E-state index contributed by atoms with van der Waals surface area (Å²) in [4.78, 5) is 0. The normalized spacial score (nSPS) is 12.3. The van der Waals surface area contributed by atoms with Gasteiger partial charge in [-0.05, 0) is 66.3 Å². The third-order valence-corrected chi connectivity index (χ3v) is 5.44. The van der Waals surface area contributed by atoms with Crippen LogP contribution in [0.25, 0.3) is 0 Å². The lowest BCUT2D eigenvalue weighted by Gasteiger charge is -2.19. The minimum absolute atomic E-state index is 0.326. The lowest BCUT2D eigenvalue weighted by Crippen LogP contribution is -2.06. The van der Waals surface area contributed by atoms with Gasteiger partial charge in [-0.1, -0.05) is 82.9 Å². The summed E-state index contributed by atoms with van der Waals surface area (Å²) in [5.41, 5.74) is 5.67. The van der Waals surface area contributed by atoms with Crippen molar-refractivity contribution in [3.63, 3.8) is 0 Å². The molecule has 1 nitrogen and oxygen atoms in total. The second kappa shape index (κ2) is 11.1. The second-order valence-corrected chi connectivity index (χ2v) is 7.63. The van der Waals surface area contributed by atoms with Crippen LogP contribution in [0.3, 0.4) is 0 Å². The van der Waals surface area contributed by atoms with Crippen molar-refractivity contribution in [2.24, 2.45) is 0 Å². The maximum Gasteiger partial charge on any atom is 0.119 e. The number of phenolic OH excluding ortho intramolecular Hbond substituents is 1. The number of aromatic hydroxyl groups is 1. The summed E-state index contributed by atoms with van der Waals surface area (Å²) in [7, 11) is 0. The van der Waals surface area contributed by atoms with Crippen LogP contribution in [-0.2, 0) is 19.3 Å². The van der Waals surface area contributed by atoms with E-state index in [0.717, 1.165) is 12.0 Å². The van der Waals surface area contributed by atoms with Crippen LogP contribution in [0.1, 0.15) is 87.5 Å². The van der Waals surface area contributed by atoms with Gasteiger partial charge in [-0.2, -0.15) is 0 Å². The van der Waals surface area contributed by atoms with Gasteiger partial charge < -0.3 is 5.11 Å². The van der Waals surface area contributed by atoms with E-state index in [4.69, 9.17) is 0 Å². The third kappa shape index (κ3) is 5.90. The molecule has 0 heterocycles. The van der Waals surface area contributed by atoms with E-state index in [1.54, 1.807) is 17.2 Å². The summed E-state index contributed by atoms with van der Waals surface area (Å²) in [6, 6.07) is 14.7. The molecule has 0 saturated carbocycles. The molecule has 0 fully saturated rings. The van der Waals surface area contributed by atoms with E-state index in [-0.39, 0.29) is 0 Å². The standard InChI is InChI=1S/C25H36O/c1-4-6-8-13-21-14-12-15-22(24(21)17-9-7-5-2)19-20(3)23-16-10-11-18-25(23)26/h10-12,14-16,18,20,26H,4-9,13,17,19H2,1-3H3. The zero-order chi connectivity index (χ0) is 18.8. The third-order valence-electron chi connectivity index (χ3n) is 5.44. The van der Waals surface area contributed by atoms with Crippen molar-refractivity contribution < 1.29 is 5.11 Å². The highest BCUT2D eigenvalue weighted by atomic mass is 16.3. The van der Waals surface area contributed by atoms with Crippen molar-refractivity contribution in [3.8, 4) is 5.75 Å². The molecule has 0 aliphatic rings. The fourth-order valence-corrected chi connectivity index (χ4v) is 3.90. The summed E-state index contributed by atoms with van der Waals surface area (Å²) in [5.74, 6) is 0.749. The maximum atomic E-state index is 10.2. The van der Waals surface area contributed by atoms with Crippen LogP contribution in [0, 0.1) is 0 Å². The highest BCUT2D eigenvalue weighted by Gasteiger charge is 2.15. The van der Waals surface area contributed by atoms with E-state index in [0.29, 0.717) is 11.7 Å². The van der Waals surface area contributed by atoms with Crippen LogP contribution in [-0.4, -0.2) is 5.11 Å². The minimum atomic E-state index is 0.326. The number of rotatable bonds is 11. The minimum Gasteiger partial charge on any atom is -0.508 e. The number of unbranched alkanes of at least 4 members (excludes halogenated alkanes) is 4. The van der Waals surface area contributed by atoms with Gasteiger partial charge in [0.15, 0.2) is 0 Å². The number of aryl methyl sites for hydroxylation is 1. The SMILES string of the molecule is CCCCCc1cccc(CC(C)c2ccccc2O)c1CCCCC. The summed E-state index contributed by atoms with van der Waals surface area (Å²) >= 11 is 0. The van der Waals surface area contributed by atoms with Gasteiger partial charge in [-0.15, -0.1) is 0 Å². The van der Waals surface area contributed by atoms with Crippen molar-refractivity contribution in [1.29, 1.82) is 0 Å². The first kappa shape index (κ1) is 20.6. The second-order valence-electron chi connectivity index (χ2n) is 7.63. The summed E-state index contributed by atoms with van der Waals surface area (Å²) in [6.45, 7) is 6.77. The van der Waals surface area contributed by atoms with Gasteiger partial charge in [-0.3, -0.25) is 0 Å². The zero-order valence-electron chi connectivity index (χ0n) is 16.9. The molecule has 0 amide bonds. The first-order chi connectivity index (χ1) is 12.7. The molecule has 2 aromatic carbocycles.